The first-order valence-corrected chi connectivity index (χ1v) is 6.70. The molecule has 1 aromatic rings. The molecule has 4 heteroatoms. The summed E-state index contributed by atoms with van der Waals surface area (Å²) in [4.78, 5) is 6.68. The predicted octanol–water partition coefficient (Wildman–Crippen LogP) is 1.96. The van der Waals surface area contributed by atoms with Crippen molar-refractivity contribution in [3.05, 3.63) is 18.0 Å². The lowest BCUT2D eigenvalue weighted by Gasteiger charge is -2.34. The van der Waals surface area contributed by atoms with Gasteiger partial charge in [-0.05, 0) is 44.7 Å². The van der Waals surface area contributed by atoms with E-state index in [1.807, 2.05) is 13.1 Å². The number of hydrogen-bond acceptors (Lipinski definition) is 4. The van der Waals surface area contributed by atoms with Gasteiger partial charge in [0.1, 0.15) is 0 Å². The number of anilines is 1. The summed E-state index contributed by atoms with van der Waals surface area (Å²) in [5.74, 6) is 1.66. The van der Waals surface area contributed by atoms with Crippen LogP contribution in [0.2, 0.25) is 0 Å². The van der Waals surface area contributed by atoms with Gasteiger partial charge in [0.05, 0.1) is 19.0 Å². The van der Waals surface area contributed by atoms with E-state index in [1.54, 1.807) is 7.11 Å². The summed E-state index contributed by atoms with van der Waals surface area (Å²) in [7, 11) is 1.71. The molecule has 2 N–H and O–H groups in total. The molecule has 0 aromatic carbocycles. The van der Waals surface area contributed by atoms with Crippen molar-refractivity contribution in [2.75, 3.05) is 31.6 Å². The molecule has 4 nitrogen and oxygen atoms in total. The number of rotatable bonds is 4. The van der Waals surface area contributed by atoms with Gasteiger partial charge in [-0.2, -0.15) is 0 Å². The Bertz CT molecular complexity index is 387. The summed E-state index contributed by atoms with van der Waals surface area (Å²) in [6.45, 7) is 5.00. The highest BCUT2D eigenvalue weighted by atomic mass is 16.5. The van der Waals surface area contributed by atoms with Crippen molar-refractivity contribution in [2.24, 2.45) is 11.7 Å². The summed E-state index contributed by atoms with van der Waals surface area (Å²) >= 11 is 0. The van der Waals surface area contributed by atoms with E-state index >= 15 is 0 Å². The maximum Gasteiger partial charge on any atom is 0.160 e. The molecule has 0 saturated carbocycles. The number of methoxy groups -OCH3 is 1. The van der Waals surface area contributed by atoms with E-state index in [1.165, 1.54) is 18.5 Å². The number of aryl methyl sites for hydroxylation is 1. The molecule has 1 aliphatic rings. The SMILES string of the molecule is COc1cnc(C)cc1N1CCC(CCN)CC1. The number of pyridine rings is 1. The van der Waals surface area contributed by atoms with Crippen LogP contribution in [0.25, 0.3) is 0 Å². The van der Waals surface area contributed by atoms with Crippen molar-refractivity contribution >= 4 is 5.69 Å². The minimum Gasteiger partial charge on any atom is -0.493 e. The predicted molar refractivity (Wildman–Crippen MR) is 74.1 cm³/mol. The smallest absolute Gasteiger partial charge is 0.160 e. The van der Waals surface area contributed by atoms with Crippen LogP contribution in [0.3, 0.4) is 0 Å². The first-order valence-electron chi connectivity index (χ1n) is 6.70. The molecule has 0 bridgehead atoms. The maximum absolute atomic E-state index is 5.63. The Morgan fingerprint density at radius 2 is 2.17 bits per heavy atom. The van der Waals surface area contributed by atoms with Crippen LogP contribution in [0.4, 0.5) is 5.69 Å². The Hall–Kier alpha value is -1.29. The van der Waals surface area contributed by atoms with Crippen LogP contribution >= 0.6 is 0 Å². The van der Waals surface area contributed by atoms with Gasteiger partial charge in [0.2, 0.25) is 0 Å². The summed E-state index contributed by atoms with van der Waals surface area (Å²) in [5, 5.41) is 0. The van der Waals surface area contributed by atoms with Gasteiger partial charge in [0, 0.05) is 18.8 Å². The number of nitrogens with two attached hydrogens (primary N) is 1. The Morgan fingerprint density at radius 1 is 1.44 bits per heavy atom. The van der Waals surface area contributed by atoms with Crippen molar-refractivity contribution < 1.29 is 4.74 Å². The van der Waals surface area contributed by atoms with E-state index in [2.05, 4.69) is 16.0 Å². The fourth-order valence-corrected chi connectivity index (χ4v) is 2.64. The fraction of sp³-hybridized carbons (Fsp3) is 0.643. The number of aromatic nitrogens is 1. The third-order valence-electron chi connectivity index (χ3n) is 3.73. The molecule has 2 rings (SSSR count). The Kier molecular flexibility index (Phi) is 4.42. The highest BCUT2D eigenvalue weighted by Gasteiger charge is 2.21. The van der Waals surface area contributed by atoms with Gasteiger partial charge in [-0.15, -0.1) is 0 Å². The van der Waals surface area contributed by atoms with E-state index < -0.39 is 0 Å². The van der Waals surface area contributed by atoms with Gasteiger partial charge in [0.25, 0.3) is 0 Å². The van der Waals surface area contributed by atoms with Crippen LogP contribution in [-0.4, -0.2) is 31.7 Å². The molecule has 2 heterocycles. The van der Waals surface area contributed by atoms with Crippen LogP contribution < -0.4 is 15.4 Å². The molecule has 0 atom stereocenters. The van der Waals surface area contributed by atoms with Crippen LogP contribution in [0.1, 0.15) is 25.0 Å². The highest BCUT2D eigenvalue weighted by molar-refractivity contribution is 5.58. The van der Waals surface area contributed by atoms with Gasteiger partial charge in [-0.3, -0.25) is 4.98 Å². The zero-order valence-electron chi connectivity index (χ0n) is 11.4. The lowest BCUT2D eigenvalue weighted by atomic mass is 9.93. The quantitative estimate of drug-likeness (QED) is 0.886. The van der Waals surface area contributed by atoms with E-state index in [9.17, 15) is 0 Å². The average molecular weight is 249 g/mol. The highest BCUT2D eigenvalue weighted by Crippen LogP contribution is 2.31. The largest absolute Gasteiger partial charge is 0.493 e. The van der Waals surface area contributed by atoms with Crippen molar-refractivity contribution in [1.82, 2.24) is 4.98 Å². The van der Waals surface area contributed by atoms with E-state index in [4.69, 9.17) is 10.5 Å². The van der Waals surface area contributed by atoms with Crippen molar-refractivity contribution in [2.45, 2.75) is 26.2 Å². The molecule has 0 amide bonds. The molecule has 1 aromatic heterocycles. The third kappa shape index (κ3) is 2.93. The standard InChI is InChI=1S/C14H23N3O/c1-11-9-13(14(18-2)10-16-11)17-7-4-12(3-6-15)5-8-17/h9-10,12H,3-8,15H2,1-2H3. The summed E-state index contributed by atoms with van der Waals surface area (Å²) in [6, 6.07) is 2.11. The summed E-state index contributed by atoms with van der Waals surface area (Å²) < 4.78 is 5.40. The molecule has 100 valence electrons. The molecule has 18 heavy (non-hydrogen) atoms. The molecule has 0 spiro atoms. The number of ether oxygens (including phenoxy) is 1. The Balaban J connectivity index is 2.06. The lowest BCUT2D eigenvalue weighted by Crippen LogP contribution is -2.34. The van der Waals surface area contributed by atoms with Gasteiger partial charge in [-0.1, -0.05) is 0 Å². The number of nitrogens with zero attached hydrogens (tertiary/aromatic N) is 2. The number of piperidine rings is 1. The lowest BCUT2D eigenvalue weighted by molar-refractivity contribution is 0.378. The molecular formula is C14H23N3O. The van der Waals surface area contributed by atoms with Gasteiger partial charge < -0.3 is 15.4 Å². The summed E-state index contributed by atoms with van der Waals surface area (Å²) in [6.07, 6.45) is 5.42. The second-order valence-corrected chi connectivity index (χ2v) is 5.01. The van der Waals surface area contributed by atoms with Gasteiger partial charge in [-0.25, -0.2) is 0 Å². The first kappa shape index (κ1) is 13.1. The minimum absolute atomic E-state index is 0.792. The molecule has 0 aliphatic carbocycles. The molecule has 1 saturated heterocycles. The van der Waals surface area contributed by atoms with Crippen LogP contribution in [-0.2, 0) is 0 Å². The van der Waals surface area contributed by atoms with Crippen molar-refractivity contribution in [3.8, 4) is 5.75 Å². The van der Waals surface area contributed by atoms with E-state index in [-0.39, 0.29) is 0 Å². The number of hydrogen-bond donors (Lipinski definition) is 1. The first-order chi connectivity index (χ1) is 8.74. The molecule has 1 aliphatic heterocycles. The maximum atomic E-state index is 5.63. The Labute approximate surface area is 109 Å². The normalized spacial score (nSPS) is 16.9. The summed E-state index contributed by atoms with van der Waals surface area (Å²) in [5.41, 5.74) is 7.84. The Morgan fingerprint density at radius 3 is 2.78 bits per heavy atom. The zero-order valence-corrected chi connectivity index (χ0v) is 11.4. The van der Waals surface area contributed by atoms with Gasteiger partial charge in [0.15, 0.2) is 5.75 Å². The topological polar surface area (TPSA) is 51.4 Å². The van der Waals surface area contributed by atoms with Crippen molar-refractivity contribution in [3.63, 3.8) is 0 Å². The van der Waals surface area contributed by atoms with E-state index in [0.29, 0.717) is 0 Å². The van der Waals surface area contributed by atoms with Gasteiger partial charge >= 0.3 is 0 Å². The minimum atomic E-state index is 0.792. The van der Waals surface area contributed by atoms with E-state index in [0.717, 1.165) is 43.4 Å². The van der Waals surface area contributed by atoms with Crippen LogP contribution in [0.5, 0.6) is 5.75 Å². The van der Waals surface area contributed by atoms with Crippen molar-refractivity contribution in [1.29, 1.82) is 0 Å². The molecule has 0 radical (unpaired) electrons. The molecular weight excluding hydrogens is 226 g/mol. The van der Waals surface area contributed by atoms with Crippen LogP contribution in [0, 0.1) is 12.8 Å². The third-order valence-corrected chi connectivity index (χ3v) is 3.73. The average Bonchev–Trinajstić information content (AvgIpc) is 2.40. The molecule has 1 fully saturated rings. The zero-order chi connectivity index (χ0) is 13.0. The fourth-order valence-electron chi connectivity index (χ4n) is 2.64. The second-order valence-electron chi connectivity index (χ2n) is 5.01. The monoisotopic (exact) mass is 249 g/mol. The second kappa shape index (κ2) is 6.05. The molecule has 0 unspecified atom stereocenters. The van der Waals surface area contributed by atoms with Crippen LogP contribution in [0.15, 0.2) is 12.3 Å².